The Labute approximate surface area is 178 Å². The van der Waals surface area contributed by atoms with Crippen molar-refractivity contribution in [3.63, 3.8) is 0 Å². The van der Waals surface area contributed by atoms with Crippen LogP contribution in [-0.2, 0) is 10.0 Å². The fourth-order valence-corrected chi connectivity index (χ4v) is 6.93. The number of allylic oxidation sites excluding steroid dienone is 1. The molecular formula is C21H30N2O4S2. The second-order valence-corrected chi connectivity index (χ2v) is 10.9. The van der Waals surface area contributed by atoms with Crippen LogP contribution in [0.2, 0.25) is 0 Å². The van der Waals surface area contributed by atoms with Gasteiger partial charge in [-0.15, -0.1) is 11.8 Å². The van der Waals surface area contributed by atoms with E-state index in [1.54, 1.807) is 35.3 Å². The van der Waals surface area contributed by atoms with Crippen LogP contribution < -0.4 is 10.1 Å². The van der Waals surface area contributed by atoms with Crippen molar-refractivity contribution in [2.24, 2.45) is 5.41 Å². The molecule has 1 saturated heterocycles. The summed E-state index contributed by atoms with van der Waals surface area (Å²) in [6.45, 7) is 3.46. The van der Waals surface area contributed by atoms with Crippen LogP contribution in [0.15, 0.2) is 35.7 Å². The van der Waals surface area contributed by atoms with Crippen LogP contribution in [0.3, 0.4) is 0 Å². The SMILES string of the molecule is CCCS(=O)(=O)N1CCC(CNC(=O)c2ccccc2OC)(C2CC=CS2)CC1. The van der Waals surface area contributed by atoms with Gasteiger partial charge in [-0.3, -0.25) is 4.79 Å². The highest BCUT2D eigenvalue weighted by atomic mass is 32.2. The Hall–Kier alpha value is -1.51. The zero-order valence-electron chi connectivity index (χ0n) is 17.1. The molecule has 0 spiro atoms. The van der Waals surface area contributed by atoms with Crippen LogP contribution in [0.4, 0.5) is 0 Å². The first-order chi connectivity index (χ1) is 13.9. The van der Waals surface area contributed by atoms with Crippen LogP contribution in [0.5, 0.6) is 5.75 Å². The number of hydrogen-bond donors (Lipinski definition) is 1. The Kier molecular flexibility index (Phi) is 7.29. The molecule has 8 heteroatoms. The summed E-state index contributed by atoms with van der Waals surface area (Å²) in [5.74, 6) is 0.597. The number of hydrogen-bond acceptors (Lipinski definition) is 5. The number of amides is 1. The van der Waals surface area contributed by atoms with Gasteiger partial charge in [0.2, 0.25) is 10.0 Å². The number of para-hydroxylation sites is 1. The summed E-state index contributed by atoms with van der Waals surface area (Å²) in [6, 6.07) is 7.19. The molecule has 0 bridgehead atoms. The molecule has 2 heterocycles. The molecule has 1 unspecified atom stereocenters. The van der Waals surface area contributed by atoms with Crippen molar-refractivity contribution >= 4 is 27.7 Å². The van der Waals surface area contributed by atoms with E-state index in [0.717, 1.165) is 19.3 Å². The number of sulfonamides is 1. The van der Waals surface area contributed by atoms with Gasteiger partial charge in [-0.05, 0) is 43.2 Å². The fourth-order valence-electron chi connectivity index (χ4n) is 4.17. The third-order valence-corrected chi connectivity index (χ3v) is 9.35. The molecule has 0 saturated carbocycles. The lowest BCUT2D eigenvalue weighted by atomic mass is 9.74. The van der Waals surface area contributed by atoms with E-state index in [2.05, 4.69) is 16.8 Å². The number of carbonyl (C=O) groups is 1. The minimum Gasteiger partial charge on any atom is -0.496 e. The largest absolute Gasteiger partial charge is 0.496 e. The lowest BCUT2D eigenvalue weighted by Gasteiger charge is -2.45. The highest BCUT2D eigenvalue weighted by Crippen LogP contribution is 2.45. The van der Waals surface area contributed by atoms with Gasteiger partial charge >= 0.3 is 0 Å². The second kappa shape index (κ2) is 9.53. The van der Waals surface area contributed by atoms with Gasteiger partial charge in [0.25, 0.3) is 5.91 Å². The molecule has 1 fully saturated rings. The van der Waals surface area contributed by atoms with E-state index in [-0.39, 0.29) is 17.1 Å². The number of thioether (sulfide) groups is 1. The summed E-state index contributed by atoms with van der Waals surface area (Å²) in [4.78, 5) is 12.8. The maximum absolute atomic E-state index is 12.8. The summed E-state index contributed by atoms with van der Waals surface area (Å²) in [5.41, 5.74) is 0.398. The maximum atomic E-state index is 12.8. The van der Waals surface area contributed by atoms with Crippen LogP contribution >= 0.6 is 11.8 Å². The predicted octanol–water partition coefficient (Wildman–Crippen LogP) is 3.27. The molecule has 1 aromatic rings. The van der Waals surface area contributed by atoms with Crippen LogP contribution in [0.25, 0.3) is 0 Å². The van der Waals surface area contributed by atoms with E-state index in [9.17, 15) is 13.2 Å². The van der Waals surface area contributed by atoms with E-state index < -0.39 is 10.0 Å². The number of nitrogens with one attached hydrogen (secondary N) is 1. The first-order valence-corrected chi connectivity index (χ1v) is 12.7. The Morgan fingerprint density at radius 1 is 1.31 bits per heavy atom. The number of nitrogens with zero attached hydrogens (tertiary/aromatic N) is 1. The molecule has 0 aliphatic carbocycles. The third kappa shape index (κ3) is 4.98. The van der Waals surface area contributed by atoms with Gasteiger partial charge < -0.3 is 10.1 Å². The second-order valence-electron chi connectivity index (χ2n) is 7.69. The Morgan fingerprint density at radius 3 is 2.66 bits per heavy atom. The average molecular weight is 439 g/mol. The number of methoxy groups -OCH3 is 1. The molecule has 2 aliphatic rings. The van der Waals surface area contributed by atoms with Gasteiger partial charge in [0.05, 0.1) is 18.4 Å². The van der Waals surface area contributed by atoms with Gasteiger partial charge in [-0.2, -0.15) is 0 Å². The molecule has 0 aromatic heterocycles. The summed E-state index contributed by atoms with van der Waals surface area (Å²) in [5, 5.41) is 5.59. The van der Waals surface area contributed by atoms with Crippen LogP contribution in [-0.4, -0.2) is 56.4 Å². The quantitative estimate of drug-likeness (QED) is 0.674. The van der Waals surface area contributed by atoms with Gasteiger partial charge in [0.1, 0.15) is 5.75 Å². The molecule has 29 heavy (non-hydrogen) atoms. The van der Waals surface area contributed by atoms with Gasteiger partial charge in [0.15, 0.2) is 0 Å². The first kappa shape index (κ1) is 22.2. The summed E-state index contributed by atoms with van der Waals surface area (Å²) < 4.78 is 31.9. The zero-order chi connectivity index (χ0) is 20.9. The Morgan fingerprint density at radius 2 is 2.03 bits per heavy atom. The first-order valence-electron chi connectivity index (χ1n) is 10.1. The molecule has 1 aromatic carbocycles. The van der Waals surface area contributed by atoms with Crippen molar-refractivity contribution in [2.75, 3.05) is 32.5 Å². The van der Waals surface area contributed by atoms with E-state index >= 15 is 0 Å². The minimum atomic E-state index is -3.18. The van der Waals surface area contributed by atoms with Gasteiger partial charge in [-0.1, -0.05) is 25.1 Å². The molecule has 160 valence electrons. The standard InChI is InChI=1S/C21H30N2O4S2/c1-3-15-29(25,26)23-12-10-21(11-13-23,19-9-6-14-28-19)16-22-20(24)17-7-4-5-8-18(17)27-2/h4-8,14,19H,3,9-13,15-16H2,1-2H3,(H,22,24). The molecule has 1 atom stereocenters. The normalized spacial score (nSPS) is 21.8. The van der Waals surface area contributed by atoms with Crippen molar-refractivity contribution in [1.29, 1.82) is 0 Å². The van der Waals surface area contributed by atoms with Gasteiger partial charge in [0, 0.05) is 30.3 Å². The molecule has 3 rings (SSSR count). The Balaban J connectivity index is 1.71. The number of carbonyl (C=O) groups excluding carboxylic acids is 1. The smallest absolute Gasteiger partial charge is 0.255 e. The lowest BCUT2D eigenvalue weighted by Crippen LogP contribution is -2.52. The van der Waals surface area contributed by atoms with E-state index in [0.29, 0.717) is 42.6 Å². The highest BCUT2D eigenvalue weighted by Gasteiger charge is 2.44. The third-order valence-electron chi connectivity index (χ3n) is 5.90. The highest BCUT2D eigenvalue weighted by molar-refractivity contribution is 8.03. The van der Waals surface area contributed by atoms with Crippen molar-refractivity contribution < 1.29 is 17.9 Å². The number of benzene rings is 1. The lowest BCUT2D eigenvalue weighted by molar-refractivity contribution is 0.0888. The number of ether oxygens (including phenoxy) is 1. The molecule has 6 nitrogen and oxygen atoms in total. The molecule has 0 radical (unpaired) electrons. The number of rotatable bonds is 8. The summed E-state index contributed by atoms with van der Waals surface area (Å²) in [7, 11) is -1.63. The van der Waals surface area contributed by atoms with Crippen LogP contribution in [0.1, 0.15) is 43.0 Å². The van der Waals surface area contributed by atoms with Crippen molar-refractivity contribution in [2.45, 2.75) is 37.9 Å². The van der Waals surface area contributed by atoms with E-state index in [4.69, 9.17) is 4.74 Å². The molecule has 1 amide bonds. The molecule has 2 aliphatic heterocycles. The minimum absolute atomic E-state index is 0.121. The summed E-state index contributed by atoms with van der Waals surface area (Å²) >= 11 is 1.80. The fraction of sp³-hybridized carbons (Fsp3) is 0.571. The van der Waals surface area contributed by atoms with E-state index in [1.807, 2.05) is 19.1 Å². The number of piperidine rings is 1. The molecule has 1 N–H and O–H groups in total. The zero-order valence-corrected chi connectivity index (χ0v) is 18.7. The topological polar surface area (TPSA) is 75.7 Å². The monoisotopic (exact) mass is 438 g/mol. The predicted molar refractivity (Wildman–Crippen MR) is 118 cm³/mol. The van der Waals surface area contributed by atoms with Crippen molar-refractivity contribution in [1.82, 2.24) is 9.62 Å². The van der Waals surface area contributed by atoms with Crippen molar-refractivity contribution in [3.05, 3.63) is 41.3 Å². The van der Waals surface area contributed by atoms with E-state index in [1.165, 1.54) is 0 Å². The Bertz CT molecular complexity index is 838. The van der Waals surface area contributed by atoms with Crippen LogP contribution in [0, 0.1) is 5.41 Å². The molecular weight excluding hydrogens is 408 g/mol. The maximum Gasteiger partial charge on any atom is 0.255 e. The van der Waals surface area contributed by atoms with Crippen molar-refractivity contribution in [3.8, 4) is 5.75 Å². The summed E-state index contributed by atoms with van der Waals surface area (Å²) in [6.07, 6.45) is 5.25. The van der Waals surface area contributed by atoms with Gasteiger partial charge in [-0.25, -0.2) is 12.7 Å². The average Bonchev–Trinajstić information content (AvgIpc) is 3.28.